The molecule has 2 N–H and O–H groups in total. The zero-order chi connectivity index (χ0) is 25.7. The molecule has 2 aromatic carbocycles. The molecule has 0 bridgehead atoms. The van der Waals surface area contributed by atoms with Crippen LogP contribution in [0.2, 0.25) is 0 Å². The van der Waals surface area contributed by atoms with E-state index >= 15 is 0 Å². The number of carbonyl (C=O) groups is 1. The van der Waals surface area contributed by atoms with Gasteiger partial charge in [-0.15, -0.1) is 0 Å². The van der Waals surface area contributed by atoms with Gasteiger partial charge >= 0.3 is 0 Å². The molecule has 1 heterocycles. The van der Waals surface area contributed by atoms with Crippen molar-refractivity contribution in [3.05, 3.63) is 89.3 Å². The quantitative estimate of drug-likeness (QED) is 0.419. The summed E-state index contributed by atoms with van der Waals surface area (Å²) in [4.78, 5) is 15.0. The van der Waals surface area contributed by atoms with Crippen molar-refractivity contribution in [3.8, 4) is 11.8 Å². The first kappa shape index (κ1) is 25.8. The molecule has 0 radical (unpaired) electrons. The zero-order valence-electron chi connectivity index (χ0n) is 20.0. The van der Waals surface area contributed by atoms with Crippen LogP contribution in [0.1, 0.15) is 42.9 Å². The predicted octanol–water partition coefficient (Wildman–Crippen LogP) is 3.85. The third-order valence-corrected chi connectivity index (χ3v) is 7.05. The van der Waals surface area contributed by atoms with Gasteiger partial charge < -0.3 is 10.0 Å². The Morgan fingerprint density at radius 1 is 1.14 bits per heavy atom. The first-order valence-electron chi connectivity index (χ1n) is 11.9. The average Bonchev–Trinajstić information content (AvgIpc) is 2.86. The number of benzene rings is 2. The lowest BCUT2D eigenvalue weighted by molar-refractivity contribution is -0.129. The summed E-state index contributed by atoms with van der Waals surface area (Å²) in [6.45, 7) is 0.0270. The molecule has 2 unspecified atom stereocenters. The van der Waals surface area contributed by atoms with Crippen molar-refractivity contribution in [1.29, 1.82) is 0 Å². The lowest BCUT2D eigenvalue weighted by Gasteiger charge is -2.48. The number of halogens is 1. The summed E-state index contributed by atoms with van der Waals surface area (Å²) in [6, 6.07) is 13.0. The number of aliphatic hydroxyl groups excluding tert-OH is 1. The van der Waals surface area contributed by atoms with E-state index in [0.29, 0.717) is 24.0 Å². The molecule has 8 heteroatoms. The second-order valence-corrected chi connectivity index (χ2v) is 10.9. The predicted molar refractivity (Wildman–Crippen MR) is 138 cm³/mol. The number of hydrogen-bond acceptors (Lipinski definition) is 4. The van der Waals surface area contributed by atoms with E-state index in [0.717, 1.165) is 30.4 Å². The van der Waals surface area contributed by atoms with Crippen molar-refractivity contribution < 1.29 is 22.7 Å². The number of nitrogens with one attached hydrogen (secondary N) is 1. The van der Waals surface area contributed by atoms with Gasteiger partial charge in [0.25, 0.3) is 0 Å². The van der Waals surface area contributed by atoms with Crippen LogP contribution in [0, 0.1) is 23.6 Å². The van der Waals surface area contributed by atoms with Crippen molar-refractivity contribution in [1.82, 2.24) is 4.72 Å². The molecular formula is C28H29FN2O4S. The van der Waals surface area contributed by atoms with Crippen LogP contribution in [0.15, 0.2) is 72.3 Å². The molecule has 1 aliphatic carbocycles. The van der Waals surface area contributed by atoms with Gasteiger partial charge in [0.1, 0.15) is 5.82 Å². The zero-order valence-corrected chi connectivity index (χ0v) is 20.8. The Kier molecular flexibility index (Phi) is 8.04. The topological polar surface area (TPSA) is 86.7 Å². The number of anilines is 1. The maximum absolute atomic E-state index is 13.2. The molecular weight excluding hydrogens is 479 g/mol. The van der Waals surface area contributed by atoms with E-state index < -0.39 is 16.1 Å². The molecule has 2 aromatic rings. The highest BCUT2D eigenvalue weighted by molar-refractivity contribution is 7.88. The molecule has 0 spiro atoms. The normalized spacial score (nSPS) is 20.2. The van der Waals surface area contributed by atoms with E-state index in [1.165, 1.54) is 12.1 Å². The monoisotopic (exact) mass is 508 g/mol. The molecule has 1 saturated heterocycles. The number of β-lactam (4-membered cyclic amide) rings is 1. The van der Waals surface area contributed by atoms with Crippen molar-refractivity contribution >= 4 is 21.6 Å². The Balaban J connectivity index is 1.46. The van der Waals surface area contributed by atoms with E-state index in [1.54, 1.807) is 17.0 Å². The van der Waals surface area contributed by atoms with E-state index in [2.05, 4.69) is 34.8 Å². The smallest absolute Gasteiger partial charge is 0.233 e. The van der Waals surface area contributed by atoms with E-state index in [4.69, 9.17) is 0 Å². The molecule has 36 heavy (non-hydrogen) atoms. The number of allylic oxidation sites excluding steroid dienone is 2. The van der Waals surface area contributed by atoms with Crippen LogP contribution in [0.3, 0.4) is 0 Å². The van der Waals surface area contributed by atoms with Gasteiger partial charge in [0.05, 0.1) is 30.9 Å². The molecule has 4 rings (SSSR count). The Bertz CT molecular complexity index is 1320. The molecule has 1 aliphatic heterocycles. The van der Waals surface area contributed by atoms with Crippen molar-refractivity contribution in [3.63, 3.8) is 0 Å². The molecule has 188 valence electrons. The number of sulfonamides is 1. The first-order chi connectivity index (χ1) is 17.2. The van der Waals surface area contributed by atoms with Gasteiger partial charge in [-0.05, 0) is 73.2 Å². The second kappa shape index (κ2) is 11.2. The van der Waals surface area contributed by atoms with Gasteiger partial charge in [-0.1, -0.05) is 42.2 Å². The highest BCUT2D eigenvalue weighted by Gasteiger charge is 2.48. The van der Waals surface area contributed by atoms with Gasteiger partial charge in [0.15, 0.2) is 0 Å². The first-order valence-corrected chi connectivity index (χ1v) is 13.8. The lowest BCUT2D eigenvalue weighted by Crippen LogP contribution is -2.62. The third kappa shape index (κ3) is 6.30. The number of carbonyl (C=O) groups excluding carboxylic acids is 1. The van der Waals surface area contributed by atoms with Crippen LogP contribution in [0.25, 0.3) is 0 Å². The maximum atomic E-state index is 13.2. The Morgan fingerprint density at radius 2 is 1.86 bits per heavy atom. The summed E-state index contributed by atoms with van der Waals surface area (Å²) in [5.74, 6) is 5.08. The summed E-state index contributed by atoms with van der Waals surface area (Å²) >= 11 is 0. The van der Waals surface area contributed by atoms with Gasteiger partial charge in [-0.2, -0.15) is 0 Å². The SMILES string of the molecule is CS(=O)(=O)NCC#Cc1ccc(N2C(=O)C(CC[C@H](O)c3ccc(F)cc3)C2C2=CCCC=C2)cc1. The molecule has 1 fully saturated rings. The minimum Gasteiger partial charge on any atom is -0.388 e. The summed E-state index contributed by atoms with van der Waals surface area (Å²) in [6.07, 6.45) is 9.49. The fraction of sp³-hybridized carbons (Fsp3) is 0.321. The summed E-state index contributed by atoms with van der Waals surface area (Å²) in [5, 5.41) is 10.6. The molecule has 6 nitrogen and oxygen atoms in total. The van der Waals surface area contributed by atoms with Crippen LogP contribution in [-0.4, -0.2) is 38.3 Å². The number of rotatable bonds is 8. The summed E-state index contributed by atoms with van der Waals surface area (Å²) in [5.41, 5.74) is 3.21. The lowest BCUT2D eigenvalue weighted by atomic mass is 9.76. The van der Waals surface area contributed by atoms with Gasteiger partial charge in [0, 0.05) is 11.3 Å². The molecule has 0 saturated carbocycles. The highest BCUT2D eigenvalue weighted by Crippen LogP contribution is 2.41. The van der Waals surface area contributed by atoms with Gasteiger partial charge in [-0.25, -0.2) is 17.5 Å². The fourth-order valence-electron chi connectivity index (χ4n) is 4.56. The molecule has 1 amide bonds. The fourth-order valence-corrected chi connectivity index (χ4v) is 4.89. The van der Waals surface area contributed by atoms with E-state index in [9.17, 15) is 22.7 Å². The highest BCUT2D eigenvalue weighted by atomic mass is 32.2. The Labute approximate surface area is 211 Å². The average molecular weight is 509 g/mol. The second-order valence-electron chi connectivity index (χ2n) is 9.03. The van der Waals surface area contributed by atoms with Crippen LogP contribution >= 0.6 is 0 Å². The van der Waals surface area contributed by atoms with E-state index in [-0.39, 0.29) is 30.2 Å². The van der Waals surface area contributed by atoms with Crippen LogP contribution in [0.4, 0.5) is 10.1 Å². The van der Waals surface area contributed by atoms with Crippen LogP contribution in [0.5, 0.6) is 0 Å². The number of amides is 1. The number of hydrogen-bond donors (Lipinski definition) is 2. The van der Waals surface area contributed by atoms with E-state index in [1.807, 2.05) is 24.3 Å². The van der Waals surface area contributed by atoms with Crippen LogP contribution < -0.4 is 9.62 Å². The van der Waals surface area contributed by atoms with Crippen molar-refractivity contribution in [2.45, 2.75) is 37.8 Å². The maximum Gasteiger partial charge on any atom is 0.233 e. The third-order valence-electron chi connectivity index (χ3n) is 6.39. The standard InChI is InChI=1S/C28H29FN2O4S/c1-36(34,35)30-19-5-6-20-9-15-24(16-10-20)31-27(22-7-3-2-4-8-22)25(28(31)33)17-18-26(32)21-11-13-23(29)14-12-21/h3,7-16,25-27,30,32H,2,4,17-19H2,1H3/t25?,26-,27?/m0/s1. The summed E-state index contributed by atoms with van der Waals surface area (Å²) in [7, 11) is -3.29. The molecule has 2 aliphatic rings. The Hall–Kier alpha value is -3.25. The van der Waals surface area contributed by atoms with Gasteiger partial charge in [0.2, 0.25) is 15.9 Å². The number of aliphatic hydroxyl groups is 1. The van der Waals surface area contributed by atoms with Crippen molar-refractivity contribution in [2.24, 2.45) is 5.92 Å². The van der Waals surface area contributed by atoms with Gasteiger partial charge in [-0.3, -0.25) is 4.79 Å². The largest absolute Gasteiger partial charge is 0.388 e. The molecule has 0 aromatic heterocycles. The summed E-state index contributed by atoms with van der Waals surface area (Å²) < 4.78 is 37.8. The van der Waals surface area contributed by atoms with Crippen LogP contribution in [-0.2, 0) is 14.8 Å². The van der Waals surface area contributed by atoms with Crippen molar-refractivity contribution in [2.75, 3.05) is 17.7 Å². The minimum atomic E-state index is -3.29. The number of nitrogens with zero attached hydrogens (tertiary/aromatic N) is 1. The molecule has 3 atom stereocenters. The Morgan fingerprint density at radius 3 is 2.50 bits per heavy atom. The minimum absolute atomic E-state index is 0.00219.